The first-order valence-electron chi connectivity index (χ1n) is 6.21. The Labute approximate surface area is 107 Å². The Balaban J connectivity index is 1.90. The summed E-state index contributed by atoms with van der Waals surface area (Å²) in [5.41, 5.74) is 1.22. The van der Waals surface area contributed by atoms with Crippen LogP contribution in [0.1, 0.15) is 24.8 Å². The van der Waals surface area contributed by atoms with E-state index in [0.717, 1.165) is 26.1 Å². The number of nitrogens with zero attached hydrogens (tertiary/aromatic N) is 2. The second kappa shape index (κ2) is 6.34. The number of aliphatic hydroxyl groups is 1. The zero-order valence-electron chi connectivity index (χ0n) is 9.98. The van der Waals surface area contributed by atoms with E-state index in [-0.39, 0.29) is 0 Å². The molecule has 94 valence electrons. The van der Waals surface area contributed by atoms with Crippen molar-refractivity contribution in [3.8, 4) is 0 Å². The van der Waals surface area contributed by atoms with Crippen molar-refractivity contribution in [2.45, 2.75) is 25.8 Å². The fourth-order valence-electron chi connectivity index (χ4n) is 2.51. The van der Waals surface area contributed by atoms with Gasteiger partial charge in [0.05, 0.1) is 0 Å². The van der Waals surface area contributed by atoms with Crippen LogP contribution in [-0.4, -0.2) is 34.7 Å². The molecule has 3 nitrogen and oxygen atoms in total. The molecular weight excluding hydrogens is 236 g/mol. The van der Waals surface area contributed by atoms with E-state index in [1.165, 1.54) is 18.4 Å². The minimum atomic E-state index is 0.305. The zero-order valence-corrected chi connectivity index (χ0v) is 10.7. The number of halogens is 1. The quantitative estimate of drug-likeness (QED) is 0.838. The average Bonchev–Trinajstić information content (AvgIpc) is 2.30. The highest BCUT2D eigenvalue weighted by atomic mass is 35.5. The van der Waals surface area contributed by atoms with E-state index in [2.05, 4.69) is 9.88 Å². The number of rotatable bonds is 4. The van der Waals surface area contributed by atoms with Gasteiger partial charge in [0, 0.05) is 25.9 Å². The van der Waals surface area contributed by atoms with Gasteiger partial charge in [-0.05, 0) is 49.4 Å². The lowest BCUT2D eigenvalue weighted by atomic mass is 9.95. The van der Waals surface area contributed by atoms with Crippen molar-refractivity contribution >= 4 is 11.6 Å². The summed E-state index contributed by atoms with van der Waals surface area (Å²) < 4.78 is 0. The fraction of sp³-hybridized carbons (Fsp3) is 0.615. The first kappa shape index (κ1) is 12.8. The monoisotopic (exact) mass is 254 g/mol. The molecule has 1 aliphatic rings. The van der Waals surface area contributed by atoms with Crippen LogP contribution in [0.5, 0.6) is 0 Å². The highest BCUT2D eigenvalue weighted by Gasteiger charge is 2.19. The van der Waals surface area contributed by atoms with Crippen LogP contribution in [0.15, 0.2) is 18.3 Å². The number of piperidine rings is 1. The topological polar surface area (TPSA) is 36.4 Å². The second-order valence-corrected chi connectivity index (χ2v) is 5.13. The van der Waals surface area contributed by atoms with Crippen LogP contribution < -0.4 is 0 Å². The molecule has 0 aliphatic carbocycles. The third kappa shape index (κ3) is 3.95. The van der Waals surface area contributed by atoms with E-state index in [1.54, 1.807) is 6.20 Å². The molecule has 4 heteroatoms. The lowest BCUT2D eigenvalue weighted by Gasteiger charge is -2.32. The number of pyridine rings is 1. The molecule has 2 rings (SSSR count). The van der Waals surface area contributed by atoms with Crippen molar-refractivity contribution in [3.63, 3.8) is 0 Å². The van der Waals surface area contributed by atoms with Gasteiger partial charge in [-0.15, -0.1) is 0 Å². The molecule has 2 heterocycles. The van der Waals surface area contributed by atoms with Crippen LogP contribution in [-0.2, 0) is 6.54 Å². The van der Waals surface area contributed by atoms with Gasteiger partial charge in [0.25, 0.3) is 0 Å². The maximum atomic E-state index is 8.99. The van der Waals surface area contributed by atoms with E-state index in [4.69, 9.17) is 16.7 Å². The summed E-state index contributed by atoms with van der Waals surface area (Å²) in [7, 11) is 0. The summed E-state index contributed by atoms with van der Waals surface area (Å²) in [4.78, 5) is 6.43. The molecule has 1 aromatic rings. The third-order valence-electron chi connectivity index (χ3n) is 3.34. The van der Waals surface area contributed by atoms with E-state index >= 15 is 0 Å². The minimum absolute atomic E-state index is 0.305. The van der Waals surface area contributed by atoms with E-state index in [9.17, 15) is 0 Å². The number of hydrogen-bond acceptors (Lipinski definition) is 3. The Morgan fingerprint density at radius 1 is 1.53 bits per heavy atom. The van der Waals surface area contributed by atoms with Crippen LogP contribution in [0.25, 0.3) is 0 Å². The van der Waals surface area contributed by atoms with Gasteiger partial charge in [0.15, 0.2) is 0 Å². The van der Waals surface area contributed by atoms with Crippen molar-refractivity contribution in [2.24, 2.45) is 5.92 Å². The Morgan fingerprint density at radius 2 is 2.41 bits per heavy atom. The van der Waals surface area contributed by atoms with Gasteiger partial charge in [-0.1, -0.05) is 11.6 Å². The van der Waals surface area contributed by atoms with Crippen molar-refractivity contribution < 1.29 is 5.11 Å². The first-order chi connectivity index (χ1) is 8.28. The SMILES string of the molecule is OCCC1CCCN(Cc2ccnc(Cl)c2)C1. The standard InChI is InChI=1S/C13H19ClN2O/c14-13-8-12(3-5-15-13)10-16-6-1-2-11(9-16)4-7-17/h3,5,8,11,17H,1-2,4,6-7,9-10H2. The number of hydrogen-bond donors (Lipinski definition) is 1. The molecule has 1 aliphatic heterocycles. The minimum Gasteiger partial charge on any atom is -0.396 e. The van der Waals surface area contributed by atoms with Gasteiger partial charge >= 0.3 is 0 Å². The predicted octanol–water partition coefficient (Wildman–Crippen LogP) is 2.33. The normalized spacial score (nSPS) is 21.6. The smallest absolute Gasteiger partial charge is 0.129 e. The molecule has 1 aromatic heterocycles. The Hall–Kier alpha value is -0.640. The summed E-state index contributed by atoms with van der Waals surface area (Å²) in [6.45, 7) is 3.46. The second-order valence-electron chi connectivity index (χ2n) is 4.74. The van der Waals surface area contributed by atoms with Crippen molar-refractivity contribution in [3.05, 3.63) is 29.0 Å². The van der Waals surface area contributed by atoms with Gasteiger partial charge < -0.3 is 5.11 Å². The van der Waals surface area contributed by atoms with E-state index in [0.29, 0.717) is 17.7 Å². The van der Waals surface area contributed by atoms with Crippen LogP contribution in [0, 0.1) is 5.92 Å². The van der Waals surface area contributed by atoms with E-state index in [1.807, 2.05) is 12.1 Å². The van der Waals surface area contributed by atoms with Crippen molar-refractivity contribution in [1.82, 2.24) is 9.88 Å². The van der Waals surface area contributed by atoms with Gasteiger partial charge in [-0.3, -0.25) is 4.90 Å². The zero-order chi connectivity index (χ0) is 12.1. The molecule has 0 spiro atoms. The van der Waals surface area contributed by atoms with Gasteiger partial charge in [0.2, 0.25) is 0 Å². The van der Waals surface area contributed by atoms with Gasteiger partial charge in [0.1, 0.15) is 5.15 Å². The molecule has 0 radical (unpaired) electrons. The molecule has 0 aromatic carbocycles. The molecule has 1 fully saturated rings. The average molecular weight is 255 g/mol. The predicted molar refractivity (Wildman–Crippen MR) is 69.0 cm³/mol. The lowest BCUT2D eigenvalue weighted by Crippen LogP contribution is -2.35. The summed E-state index contributed by atoms with van der Waals surface area (Å²) in [6, 6.07) is 3.94. The summed E-state index contributed by atoms with van der Waals surface area (Å²) in [5.74, 6) is 0.644. The molecule has 17 heavy (non-hydrogen) atoms. The summed E-state index contributed by atoms with van der Waals surface area (Å²) in [6.07, 6.45) is 5.15. The number of likely N-dealkylation sites (tertiary alicyclic amines) is 1. The highest BCUT2D eigenvalue weighted by Crippen LogP contribution is 2.21. The molecular formula is C13H19ClN2O. The van der Waals surface area contributed by atoms with E-state index < -0.39 is 0 Å². The van der Waals surface area contributed by atoms with Crippen LogP contribution in [0.4, 0.5) is 0 Å². The van der Waals surface area contributed by atoms with Crippen molar-refractivity contribution in [1.29, 1.82) is 0 Å². The maximum Gasteiger partial charge on any atom is 0.129 e. The van der Waals surface area contributed by atoms with Crippen LogP contribution in [0.3, 0.4) is 0 Å². The molecule has 1 saturated heterocycles. The molecule has 0 bridgehead atoms. The van der Waals surface area contributed by atoms with Crippen LogP contribution >= 0.6 is 11.6 Å². The number of aliphatic hydroxyl groups excluding tert-OH is 1. The number of aromatic nitrogens is 1. The molecule has 1 N–H and O–H groups in total. The third-order valence-corrected chi connectivity index (χ3v) is 3.54. The summed E-state index contributed by atoms with van der Waals surface area (Å²) in [5, 5.41) is 9.55. The first-order valence-corrected chi connectivity index (χ1v) is 6.59. The maximum absolute atomic E-state index is 8.99. The van der Waals surface area contributed by atoms with Gasteiger partial charge in [-0.2, -0.15) is 0 Å². The van der Waals surface area contributed by atoms with Crippen molar-refractivity contribution in [2.75, 3.05) is 19.7 Å². The summed E-state index contributed by atoms with van der Waals surface area (Å²) >= 11 is 5.88. The molecule has 0 saturated carbocycles. The Kier molecular flexibility index (Phi) is 4.77. The Bertz CT molecular complexity index is 357. The molecule has 1 unspecified atom stereocenters. The fourth-order valence-corrected chi connectivity index (χ4v) is 2.71. The van der Waals surface area contributed by atoms with Crippen LogP contribution in [0.2, 0.25) is 5.15 Å². The molecule has 1 atom stereocenters. The largest absolute Gasteiger partial charge is 0.396 e. The highest BCUT2D eigenvalue weighted by molar-refractivity contribution is 6.29. The van der Waals surface area contributed by atoms with Gasteiger partial charge in [-0.25, -0.2) is 4.98 Å². The Morgan fingerprint density at radius 3 is 3.18 bits per heavy atom. The molecule has 0 amide bonds. The lowest BCUT2D eigenvalue weighted by molar-refractivity contribution is 0.142.